The van der Waals surface area contributed by atoms with Crippen molar-refractivity contribution >= 4 is 6.03 Å². The SMILES string of the molecule is CC(NC(=O)N1CCN(Cc2ccccc2)CC1)C(C)(C)c1ccccc1. The molecule has 1 unspecified atom stereocenters. The summed E-state index contributed by atoms with van der Waals surface area (Å²) in [6.07, 6.45) is 0. The van der Waals surface area contributed by atoms with Gasteiger partial charge in [0.1, 0.15) is 0 Å². The number of piperazine rings is 1. The van der Waals surface area contributed by atoms with E-state index in [1.807, 2.05) is 17.0 Å². The van der Waals surface area contributed by atoms with Crippen LogP contribution >= 0.6 is 0 Å². The molecule has 1 aliphatic heterocycles. The maximum absolute atomic E-state index is 12.7. The van der Waals surface area contributed by atoms with E-state index < -0.39 is 0 Å². The lowest BCUT2D eigenvalue weighted by molar-refractivity contribution is 0.131. The molecule has 4 nitrogen and oxygen atoms in total. The lowest BCUT2D eigenvalue weighted by Crippen LogP contribution is -2.55. The molecule has 1 heterocycles. The number of hydrogen-bond donors (Lipinski definition) is 1. The zero-order chi connectivity index (χ0) is 19.3. The first kappa shape index (κ1) is 19.4. The molecule has 27 heavy (non-hydrogen) atoms. The fraction of sp³-hybridized carbons (Fsp3) is 0.435. The topological polar surface area (TPSA) is 35.6 Å². The van der Waals surface area contributed by atoms with Gasteiger partial charge in [-0.25, -0.2) is 4.79 Å². The molecule has 0 spiro atoms. The zero-order valence-corrected chi connectivity index (χ0v) is 16.7. The molecule has 0 radical (unpaired) electrons. The van der Waals surface area contributed by atoms with Crippen molar-refractivity contribution < 1.29 is 4.79 Å². The number of benzene rings is 2. The van der Waals surface area contributed by atoms with E-state index in [9.17, 15) is 4.79 Å². The van der Waals surface area contributed by atoms with E-state index in [1.165, 1.54) is 11.1 Å². The van der Waals surface area contributed by atoms with Crippen molar-refractivity contribution in [3.8, 4) is 0 Å². The monoisotopic (exact) mass is 365 g/mol. The maximum atomic E-state index is 12.7. The molecule has 0 aromatic heterocycles. The fourth-order valence-corrected chi connectivity index (χ4v) is 3.53. The van der Waals surface area contributed by atoms with Gasteiger partial charge >= 0.3 is 6.03 Å². The van der Waals surface area contributed by atoms with Gasteiger partial charge in [0.25, 0.3) is 0 Å². The van der Waals surface area contributed by atoms with Crippen LogP contribution in [0.2, 0.25) is 0 Å². The quantitative estimate of drug-likeness (QED) is 0.873. The highest BCUT2D eigenvalue weighted by Gasteiger charge is 2.31. The summed E-state index contributed by atoms with van der Waals surface area (Å²) >= 11 is 0. The van der Waals surface area contributed by atoms with E-state index >= 15 is 0 Å². The Labute approximate surface area is 163 Å². The molecule has 0 saturated carbocycles. The van der Waals surface area contributed by atoms with Crippen molar-refractivity contribution in [3.63, 3.8) is 0 Å². The number of nitrogens with zero attached hydrogens (tertiary/aromatic N) is 2. The van der Waals surface area contributed by atoms with Crippen LogP contribution in [0.5, 0.6) is 0 Å². The molecule has 144 valence electrons. The number of carbonyl (C=O) groups excluding carboxylic acids is 1. The van der Waals surface area contributed by atoms with E-state index in [1.54, 1.807) is 0 Å². The minimum absolute atomic E-state index is 0.0471. The third kappa shape index (κ3) is 4.89. The van der Waals surface area contributed by atoms with E-state index in [2.05, 4.69) is 79.5 Å². The second kappa shape index (κ2) is 8.57. The normalized spacial score (nSPS) is 16.8. The number of amides is 2. The molecule has 1 atom stereocenters. The van der Waals surface area contributed by atoms with Crippen molar-refractivity contribution in [3.05, 3.63) is 71.8 Å². The van der Waals surface area contributed by atoms with Crippen LogP contribution in [0.4, 0.5) is 4.79 Å². The van der Waals surface area contributed by atoms with Gasteiger partial charge in [0, 0.05) is 44.2 Å². The van der Waals surface area contributed by atoms with Crippen molar-refractivity contribution in [2.75, 3.05) is 26.2 Å². The van der Waals surface area contributed by atoms with E-state index in [-0.39, 0.29) is 17.5 Å². The lowest BCUT2D eigenvalue weighted by Gasteiger charge is -2.38. The molecule has 0 bridgehead atoms. The molecule has 1 saturated heterocycles. The highest BCUT2D eigenvalue weighted by molar-refractivity contribution is 5.74. The number of carbonyl (C=O) groups is 1. The van der Waals surface area contributed by atoms with Gasteiger partial charge in [0.05, 0.1) is 0 Å². The molecule has 2 amide bonds. The van der Waals surface area contributed by atoms with Crippen molar-refractivity contribution in [1.29, 1.82) is 0 Å². The van der Waals surface area contributed by atoms with Crippen LogP contribution in [-0.2, 0) is 12.0 Å². The van der Waals surface area contributed by atoms with E-state index in [4.69, 9.17) is 0 Å². The summed E-state index contributed by atoms with van der Waals surface area (Å²) in [6, 6.07) is 21.0. The van der Waals surface area contributed by atoms with Crippen LogP contribution < -0.4 is 5.32 Å². The molecule has 1 fully saturated rings. The Bertz CT molecular complexity index is 722. The van der Waals surface area contributed by atoms with Crippen LogP contribution in [0.15, 0.2) is 60.7 Å². The molecule has 1 aliphatic rings. The lowest BCUT2D eigenvalue weighted by atomic mass is 9.78. The molecule has 3 rings (SSSR count). The Balaban J connectivity index is 1.50. The number of urea groups is 1. The molecule has 4 heteroatoms. The second-order valence-electron chi connectivity index (χ2n) is 8.01. The number of hydrogen-bond acceptors (Lipinski definition) is 2. The van der Waals surface area contributed by atoms with Crippen LogP contribution in [0.1, 0.15) is 31.9 Å². The third-order valence-electron chi connectivity index (χ3n) is 5.85. The van der Waals surface area contributed by atoms with Gasteiger partial charge < -0.3 is 10.2 Å². The summed E-state index contributed by atoms with van der Waals surface area (Å²) in [5, 5.41) is 3.22. The van der Waals surface area contributed by atoms with Gasteiger partial charge in [-0.05, 0) is 18.1 Å². The molecule has 0 aliphatic carbocycles. The summed E-state index contributed by atoms with van der Waals surface area (Å²) in [5.41, 5.74) is 2.45. The number of nitrogens with one attached hydrogen (secondary N) is 1. The van der Waals surface area contributed by atoms with Crippen LogP contribution in [0.25, 0.3) is 0 Å². The smallest absolute Gasteiger partial charge is 0.317 e. The first-order valence-electron chi connectivity index (χ1n) is 9.84. The Hall–Kier alpha value is -2.33. The van der Waals surface area contributed by atoms with E-state index in [0.717, 1.165) is 32.7 Å². The summed E-state index contributed by atoms with van der Waals surface area (Å²) in [4.78, 5) is 17.1. The van der Waals surface area contributed by atoms with Gasteiger partial charge in [-0.1, -0.05) is 74.5 Å². The Morgan fingerprint density at radius 3 is 2.11 bits per heavy atom. The van der Waals surface area contributed by atoms with Crippen LogP contribution in [0, 0.1) is 0 Å². The van der Waals surface area contributed by atoms with Crippen molar-refractivity contribution in [2.24, 2.45) is 0 Å². The van der Waals surface area contributed by atoms with Gasteiger partial charge in [-0.2, -0.15) is 0 Å². The summed E-state index contributed by atoms with van der Waals surface area (Å²) in [5.74, 6) is 0. The Morgan fingerprint density at radius 1 is 0.963 bits per heavy atom. The summed E-state index contributed by atoms with van der Waals surface area (Å²) in [7, 11) is 0. The van der Waals surface area contributed by atoms with Crippen molar-refractivity contribution in [1.82, 2.24) is 15.1 Å². The van der Waals surface area contributed by atoms with Gasteiger partial charge in [-0.3, -0.25) is 4.90 Å². The summed E-state index contributed by atoms with van der Waals surface area (Å²) in [6.45, 7) is 10.8. The number of rotatable bonds is 5. The van der Waals surface area contributed by atoms with Crippen LogP contribution in [0.3, 0.4) is 0 Å². The highest BCUT2D eigenvalue weighted by Crippen LogP contribution is 2.27. The van der Waals surface area contributed by atoms with Crippen LogP contribution in [-0.4, -0.2) is 48.1 Å². The zero-order valence-electron chi connectivity index (χ0n) is 16.7. The van der Waals surface area contributed by atoms with Crippen molar-refractivity contribution in [2.45, 2.75) is 38.8 Å². The predicted molar refractivity (Wildman–Crippen MR) is 111 cm³/mol. The Kier molecular flexibility index (Phi) is 6.17. The molecule has 1 N–H and O–H groups in total. The van der Waals surface area contributed by atoms with Gasteiger partial charge in [0.15, 0.2) is 0 Å². The van der Waals surface area contributed by atoms with E-state index in [0.29, 0.717) is 0 Å². The first-order chi connectivity index (χ1) is 13.0. The average molecular weight is 366 g/mol. The average Bonchev–Trinajstić information content (AvgIpc) is 2.70. The molecule has 2 aromatic carbocycles. The minimum atomic E-state index is -0.119. The minimum Gasteiger partial charge on any atom is -0.335 e. The summed E-state index contributed by atoms with van der Waals surface area (Å²) < 4.78 is 0. The molecule has 2 aromatic rings. The van der Waals surface area contributed by atoms with Gasteiger partial charge in [-0.15, -0.1) is 0 Å². The van der Waals surface area contributed by atoms with Gasteiger partial charge in [0.2, 0.25) is 0 Å². The third-order valence-corrected chi connectivity index (χ3v) is 5.85. The standard InChI is InChI=1S/C23H31N3O/c1-19(23(2,3)21-12-8-5-9-13-21)24-22(27)26-16-14-25(15-17-26)18-20-10-6-4-7-11-20/h4-13,19H,14-18H2,1-3H3,(H,24,27). The molecular weight excluding hydrogens is 334 g/mol. The fourth-order valence-electron chi connectivity index (χ4n) is 3.53. The first-order valence-corrected chi connectivity index (χ1v) is 9.84. The second-order valence-corrected chi connectivity index (χ2v) is 8.01. The predicted octanol–water partition coefficient (Wildman–Crippen LogP) is 3.88. The Morgan fingerprint density at radius 2 is 1.52 bits per heavy atom. The maximum Gasteiger partial charge on any atom is 0.317 e. The largest absolute Gasteiger partial charge is 0.335 e. The highest BCUT2D eigenvalue weighted by atomic mass is 16.2. The molecular formula is C23H31N3O.